The molecular weight excluding hydrogens is 997 g/mol. The van der Waals surface area contributed by atoms with Crippen molar-refractivity contribution >= 4 is 69.4 Å². The smallest absolute Gasteiger partial charge is 0.270 e. The van der Waals surface area contributed by atoms with Crippen LogP contribution < -0.4 is 0 Å². The van der Waals surface area contributed by atoms with E-state index < -0.39 is 40.8 Å². The topological polar surface area (TPSA) is 349 Å². The summed E-state index contributed by atoms with van der Waals surface area (Å²) in [5.41, 5.74) is 0.565. The average Bonchev–Trinajstić information content (AvgIpc) is 3.39. The first kappa shape index (κ1) is 63.9. The van der Waals surface area contributed by atoms with Gasteiger partial charge in [0.15, 0.2) is 57.7 Å². The number of hydrogen-bond donors (Lipinski definition) is 3. The summed E-state index contributed by atoms with van der Waals surface area (Å²) in [6.07, 6.45) is 13.0. The first-order chi connectivity index (χ1) is 35.5. The van der Waals surface area contributed by atoms with E-state index in [1.54, 1.807) is 0 Å². The van der Waals surface area contributed by atoms with Gasteiger partial charge >= 0.3 is 0 Å². The van der Waals surface area contributed by atoms with Crippen molar-refractivity contribution in [3.63, 3.8) is 0 Å². The second-order valence-corrected chi connectivity index (χ2v) is 14.4. The lowest BCUT2D eigenvalue weighted by Crippen LogP contribution is -2.27. The van der Waals surface area contributed by atoms with E-state index in [1.165, 1.54) is 95.2 Å². The van der Waals surface area contributed by atoms with Crippen LogP contribution in [0.25, 0.3) is 0 Å². The minimum atomic E-state index is -0.864. The molecule has 0 aromatic carbocycles. The zero-order valence-electron chi connectivity index (χ0n) is 42.5. The third-order valence-electron chi connectivity index (χ3n) is 9.57. The number of aliphatic hydroxyl groups excluding tert-OH is 3. The number of rotatable bonds is 13. The molecule has 0 aromatic rings. The molecule has 0 bridgehead atoms. The van der Waals surface area contributed by atoms with Crippen molar-refractivity contribution in [2.45, 2.75) is 32.8 Å². The second kappa shape index (κ2) is 31.3. The molecule has 75 heavy (non-hydrogen) atoms. The highest BCUT2D eigenvalue weighted by Crippen LogP contribution is 2.26. The number of carbonyl (C=O) groups excluding carboxylic acids is 12. The lowest BCUT2D eigenvalue weighted by molar-refractivity contribution is -0.125. The van der Waals surface area contributed by atoms with Crippen molar-refractivity contribution in [3.8, 4) is 0 Å². The number of Topliss-reactive ketones (excluding diaryl/α,β-unsaturated/α-hetero) is 4. The summed E-state index contributed by atoms with van der Waals surface area (Å²) in [7, 11) is 11.6. The van der Waals surface area contributed by atoms with Crippen molar-refractivity contribution in [1.82, 2.24) is 0 Å². The van der Waals surface area contributed by atoms with E-state index in [0.29, 0.717) is 6.42 Å². The summed E-state index contributed by atoms with van der Waals surface area (Å²) in [4.78, 5) is 133. The third kappa shape index (κ3) is 17.5. The van der Waals surface area contributed by atoms with Gasteiger partial charge in [0.1, 0.15) is 0 Å². The Balaban J connectivity index is 0.000000453. The zero-order chi connectivity index (χ0) is 57.3. The molecule has 6 aliphatic rings. The van der Waals surface area contributed by atoms with E-state index in [2.05, 4.69) is 9.47 Å². The monoisotopic (exact) mass is 1050 g/mol. The molecule has 0 spiro atoms. The van der Waals surface area contributed by atoms with Crippen LogP contribution in [-0.2, 0) is 100 Å². The molecule has 0 fully saturated rings. The minimum absolute atomic E-state index is 0.0133. The number of allylic oxidation sites excluding steroid dienone is 12. The Morgan fingerprint density at radius 3 is 1.17 bits per heavy atom. The van der Waals surface area contributed by atoms with Crippen LogP contribution in [0.2, 0.25) is 0 Å². The number of ether oxygens (including phenoxy) is 9. The van der Waals surface area contributed by atoms with Gasteiger partial charge in [-0.05, 0) is 62.0 Å². The number of aliphatic hydroxyl groups is 3. The minimum Gasteiger partial charge on any atom is -0.504 e. The molecule has 0 aliphatic heterocycles. The van der Waals surface area contributed by atoms with Crippen molar-refractivity contribution in [3.05, 3.63) is 141 Å². The third-order valence-corrected chi connectivity index (χ3v) is 9.57. The molecule has 0 saturated heterocycles. The van der Waals surface area contributed by atoms with Crippen LogP contribution in [0.3, 0.4) is 0 Å². The molecule has 24 nitrogen and oxygen atoms in total. The molecule has 6 aliphatic carbocycles. The van der Waals surface area contributed by atoms with E-state index in [1.807, 2.05) is 6.92 Å². The van der Waals surface area contributed by atoms with Crippen LogP contribution >= 0.6 is 0 Å². The second-order valence-electron chi connectivity index (χ2n) is 14.4. The van der Waals surface area contributed by atoms with Crippen molar-refractivity contribution < 1.29 is 115 Å². The first-order valence-corrected chi connectivity index (χ1v) is 21.4. The fourth-order valence-electron chi connectivity index (χ4n) is 5.94. The fourth-order valence-corrected chi connectivity index (χ4v) is 5.94. The van der Waals surface area contributed by atoms with Crippen LogP contribution in [0.4, 0.5) is 0 Å². The number of hydrogen-bond acceptors (Lipinski definition) is 24. The summed E-state index contributed by atoms with van der Waals surface area (Å²) in [6, 6.07) is 0. The van der Waals surface area contributed by atoms with Crippen LogP contribution in [0, 0.1) is 0 Å². The molecule has 402 valence electrons. The molecule has 1 atom stereocenters. The molecule has 6 rings (SSSR count). The standard InChI is InChI=1S/C10H12O6.C9H10O5.C9H10O3.C8H8O4.C8H8O3.C7H6O3/c1-13-7-5(11)9(15-3)10(16-4)6(12)8(7)14-2;1-12-6-4-5(10)8(13-2)9(14-3)7(6)11;1-2-3-6-7(10)4-5-8(11)9(6)12;1-11-6-3-5(9)4-7(12-2)8(6)10;1-5(9)7-4-6(10)2-3-8(7)11;8-4-5-3-6(9)1-2-7(5)10/h1-4H3;4H,1-3H3;4-5,12H,2-3H2,1H3;3-4H,1-2H3;2-5,9H,1H3;1-3,8H,4H2. The van der Waals surface area contributed by atoms with Gasteiger partial charge in [-0.3, -0.25) is 57.5 Å². The van der Waals surface area contributed by atoms with Gasteiger partial charge in [0, 0.05) is 34.9 Å². The Hall–Kier alpha value is -9.16. The Kier molecular flexibility index (Phi) is 26.7. The Morgan fingerprint density at radius 1 is 0.413 bits per heavy atom. The van der Waals surface area contributed by atoms with Gasteiger partial charge in [-0.2, -0.15) is 0 Å². The molecule has 0 aromatic heterocycles. The van der Waals surface area contributed by atoms with Crippen molar-refractivity contribution in [2.24, 2.45) is 0 Å². The predicted octanol–water partition coefficient (Wildman–Crippen LogP) is 1.44. The van der Waals surface area contributed by atoms with Crippen LogP contribution in [0.5, 0.6) is 0 Å². The van der Waals surface area contributed by atoms with Gasteiger partial charge in [0.05, 0.1) is 76.7 Å². The molecule has 0 saturated carbocycles. The highest BCUT2D eigenvalue weighted by molar-refractivity contribution is 6.23. The summed E-state index contributed by atoms with van der Waals surface area (Å²) in [5, 5.41) is 26.7. The van der Waals surface area contributed by atoms with E-state index >= 15 is 0 Å². The Labute approximate surface area is 428 Å². The van der Waals surface area contributed by atoms with Crippen LogP contribution in [0.15, 0.2) is 141 Å². The van der Waals surface area contributed by atoms with Crippen LogP contribution in [0.1, 0.15) is 26.7 Å². The van der Waals surface area contributed by atoms with Gasteiger partial charge < -0.3 is 58.0 Å². The summed E-state index contributed by atoms with van der Waals surface area (Å²) >= 11 is 0. The first-order valence-electron chi connectivity index (χ1n) is 21.4. The van der Waals surface area contributed by atoms with Crippen molar-refractivity contribution in [1.29, 1.82) is 0 Å². The number of methoxy groups -OCH3 is 9. The van der Waals surface area contributed by atoms with Crippen LogP contribution in [-0.4, -0.2) is 161 Å². The molecule has 0 radical (unpaired) electrons. The SMILES string of the molecule is CC(O)C1=CC(=O)C=CC1=O.CCCC1=C(O)C(=O)C=CC1=O.COC1=C(OC)C(=O)C(OC)=C(OC)C1=O.COC1=CC(=O)C(OC)=C(OC)C1=O.COC1=CC(=O)C=C(OC)C1=O.O=C1C=CC(=O)C(CO)=C1. The molecule has 1 unspecified atom stereocenters. The summed E-state index contributed by atoms with van der Waals surface area (Å²) < 4.78 is 42.9. The van der Waals surface area contributed by atoms with E-state index in [4.69, 9.17) is 43.4 Å². The van der Waals surface area contributed by atoms with Gasteiger partial charge in [0.25, 0.3) is 23.1 Å². The lowest BCUT2D eigenvalue weighted by atomic mass is 9.98. The quantitative estimate of drug-likeness (QED) is 0.220. The maximum Gasteiger partial charge on any atom is 0.270 e. The van der Waals surface area contributed by atoms with Crippen molar-refractivity contribution in [2.75, 3.05) is 70.6 Å². The van der Waals surface area contributed by atoms with Gasteiger partial charge in [-0.15, -0.1) is 0 Å². The summed E-state index contributed by atoms with van der Waals surface area (Å²) in [5.74, 6) is -6.01. The van der Waals surface area contributed by atoms with Gasteiger partial charge in [0.2, 0.25) is 46.1 Å². The Morgan fingerprint density at radius 2 is 0.800 bits per heavy atom. The molecular formula is C51H54O24. The molecule has 0 amide bonds. The van der Waals surface area contributed by atoms with Gasteiger partial charge in [-0.25, -0.2) is 0 Å². The lowest BCUT2D eigenvalue weighted by Gasteiger charge is -2.19. The maximum atomic E-state index is 11.8. The number of carbonyl (C=O) groups is 12. The molecule has 24 heteroatoms. The molecule has 0 heterocycles. The normalized spacial score (nSPS) is 17.4. The summed E-state index contributed by atoms with van der Waals surface area (Å²) in [6.45, 7) is 2.97. The predicted molar refractivity (Wildman–Crippen MR) is 255 cm³/mol. The highest BCUT2D eigenvalue weighted by Gasteiger charge is 2.39. The Bertz CT molecular complexity index is 2650. The largest absolute Gasteiger partial charge is 0.504 e. The maximum absolute atomic E-state index is 11.8. The van der Waals surface area contributed by atoms with Gasteiger partial charge in [-0.1, -0.05) is 13.3 Å². The molecule has 3 N–H and O–H groups in total. The average molecular weight is 1050 g/mol. The fraction of sp³-hybridized carbons (Fsp3) is 0.294. The number of ketones is 12. The van der Waals surface area contributed by atoms with E-state index in [9.17, 15) is 62.6 Å². The van der Waals surface area contributed by atoms with E-state index in [-0.39, 0.29) is 116 Å². The highest BCUT2D eigenvalue weighted by atomic mass is 16.5. The van der Waals surface area contributed by atoms with E-state index in [0.717, 1.165) is 49.0 Å². The zero-order valence-corrected chi connectivity index (χ0v) is 42.5.